The summed E-state index contributed by atoms with van der Waals surface area (Å²) in [5, 5.41) is 4.05. The Balaban J connectivity index is 1.97. The molecule has 0 amide bonds. The quantitative estimate of drug-likeness (QED) is 0.845. The van der Waals surface area contributed by atoms with Crippen LogP contribution < -0.4 is 10.5 Å². The van der Waals surface area contributed by atoms with Crippen LogP contribution in [0.5, 0.6) is 5.75 Å². The van der Waals surface area contributed by atoms with Crippen LogP contribution in [0.4, 0.5) is 4.39 Å². The first-order valence-electron chi connectivity index (χ1n) is 5.87. The third-order valence-electron chi connectivity index (χ3n) is 2.35. The van der Waals surface area contributed by atoms with E-state index in [4.69, 9.17) is 10.5 Å². The van der Waals surface area contributed by atoms with Gasteiger partial charge in [-0.15, -0.1) is 0 Å². The van der Waals surface area contributed by atoms with Crippen LogP contribution in [0, 0.1) is 17.7 Å². The maximum absolute atomic E-state index is 13.4. The summed E-state index contributed by atoms with van der Waals surface area (Å²) < 4.78 is 20.6. The second-order valence-corrected chi connectivity index (χ2v) is 3.80. The molecule has 19 heavy (non-hydrogen) atoms. The molecule has 0 saturated heterocycles. The highest BCUT2D eigenvalue weighted by atomic mass is 19.1. The van der Waals surface area contributed by atoms with E-state index in [-0.39, 0.29) is 12.4 Å². The molecule has 0 radical (unpaired) electrons. The third kappa shape index (κ3) is 4.12. The number of benzene rings is 1. The molecule has 0 spiro atoms. The van der Waals surface area contributed by atoms with E-state index in [1.807, 2.05) is 12.3 Å². The lowest BCUT2D eigenvalue weighted by Gasteiger charge is -2.07. The smallest absolute Gasteiger partial charge is 0.128 e. The highest BCUT2D eigenvalue weighted by molar-refractivity contribution is 5.40. The van der Waals surface area contributed by atoms with E-state index in [1.165, 1.54) is 12.1 Å². The highest BCUT2D eigenvalue weighted by Gasteiger charge is 2.00. The lowest BCUT2D eigenvalue weighted by atomic mass is 10.2. The molecule has 2 N–H and O–H groups in total. The minimum atomic E-state index is -0.377. The first-order valence-corrected chi connectivity index (χ1v) is 5.87. The van der Waals surface area contributed by atoms with Crippen LogP contribution in [0.1, 0.15) is 5.56 Å². The Labute approximate surface area is 111 Å². The van der Waals surface area contributed by atoms with E-state index in [0.29, 0.717) is 24.5 Å². The summed E-state index contributed by atoms with van der Waals surface area (Å²) in [6.45, 7) is 1.26. The van der Waals surface area contributed by atoms with Gasteiger partial charge in [-0.05, 0) is 18.2 Å². The Morgan fingerprint density at radius 2 is 2.26 bits per heavy atom. The molecule has 98 valence electrons. The van der Waals surface area contributed by atoms with E-state index in [1.54, 1.807) is 16.9 Å². The van der Waals surface area contributed by atoms with Crippen LogP contribution in [0.25, 0.3) is 0 Å². The monoisotopic (exact) mass is 259 g/mol. The van der Waals surface area contributed by atoms with Gasteiger partial charge in [0.05, 0.1) is 13.1 Å². The summed E-state index contributed by atoms with van der Waals surface area (Å²) in [7, 11) is 0. The summed E-state index contributed by atoms with van der Waals surface area (Å²) in [6, 6.07) is 6.21. The zero-order valence-corrected chi connectivity index (χ0v) is 10.3. The van der Waals surface area contributed by atoms with Crippen molar-refractivity contribution < 1.29 is 9.13 Å². The number of ether oxygens (including phenoxy) is 1. The Morgan fingerprint density at radius 1 is 1.37 bits per heavy atom. The van der Waals surface area contributed by atoms with E-state index in [9.17, 15) is 4.39 Å². The number of nitrogens with zero attached hydrogens (tertiary/aromatic N) is 2. The summed E-state index contributed by atoms with van der Waals surface area (Å²) in [5.74, 6) is 5.53. The first kappa shape index (κ1) is 13.1. The fourth-order valence-corrected chi connectivity index (χ4v) is 1.56. The van der Waals surface area contributed by atoms with Crippen molar-refractivity contribution in [1.29, 1.82) is 0 Å². The molecule has 2 aromatic rings. The van der Waals surface area contributed by atoms with Gasteiger partial charge in [0, 0.05) is 24.0 Å². The largest absolute Gasteiger partial charge is 0.492 e. The predicted molar refractivity (Wildman–Crippen MR) is 70.1 cm³/mol. The zero-order valence-electron chi connectivity index (χ0n) is 10.3. The standard InChI is InChI=1S/C14H14FN3O/c15-13-9-12(3-1-4-16)10-14(11-13)19-8-7-18-6-2-5-17-18/h2,5-6,9-11H,4,7-8,16H2. The average molecular weight is 259 g/mol. The SMILES string of the molecule is NCC#Cc1cc(F)cc(OCCn2cccn2)c1. The Kier molecular flexibility index (Phi) is 4.54. The van der Waals surface area contributed by atoms with Gasteiger partial charge in [0.15, 0.2) is 0 Å². The van der Waals surface area contributed by atoms with Crippen molar-refractivity contribution in [2.75, 3.05) is 13.2 Å². The molecule has 0 fully saturated rings. The van der Waals surface area contributed by atoms with Crippen molar-refractivity contribution >= 4 is 0 Å². The van der Waals surface area contributed by atoms with Gasteiger partial charge in [-0.25, -0.2) is 4.39 Å². The summed E-state index contributed by atoms with van der Waals surface area (Å²) in [4.78, 5) is 0. The number of hydrogen-bond donors (Lipinski definition) is 1. The van der Waals surface area contributed by atoms with Crippen LogP contribution in [-0.2, 0) is 6.54 Å². The average Bonchev–Trinajstić information content (AvgIpc) is 2.89. The molecule has 0 unspecified atom stereocenters. The van der Waals surface area contributed by atoms with Crippen molar-refractivity contribution in [1.82, 2.24) is 9.78 Å². The van der Waals surface area contributed by atoms with Crippen LogP contribution in [0.15, 0.2) is 36.7 Å². The minimum absolute atomic E-state index is 0.242. The molecule has 0 aliphatic carbocycles. The lowest BCUT2D eigenvalue weighted by Crippen LogP contribution is -2.08. The molecule has 0 atom stereocenters. The molecule has 0 aliphatic rings. The third-order valence-corrected chi connectivity index (χ3v) is 2.35. The van der Waals surface area contributed by atoms with Gasteiger partial charge >= 0.3 is 0 Å². The molecule has 1 heterocycles. The molecule has 1 aromatic carbocycles. The Hall–Kier alpha value is -2.32. The van der Waals surface area contributed by atoms with Gasteiger partial charge in [0.25, 0.3) is 0 Å². The number of aromatic nitrogens is 2. The van der Waals surface area contributed by atoms with Gasteiger partial charge < -0.3 is 10.5 Å². The van der Waals surface area contributed by atoms with Crippen LogP contribution in [0.2, 0.25) is 0 Å². The Bertz CT molecular complexity index is 584. The predicted octanol–water partition coefficient (Wildman–Crippen LogP) is 1.41. The molecule has 0 bridgehead atoms. The van der Waals surface area contributed by atoms with Crippen molar-refractivity contribution in [3.8, 4) is 17.6 Å². The van der Waals surface area contributed by atoms with Gasteiger partial charge in [-0.1, -0.05) is 11.8 Å². The van der Waals surface area contributed by atoms with Crippen molar-refractivity contribution in [2.45, 2.75) is 6.54 Å². The molecule has 1 aromatic heterocycles. The molecular weight excluding hydrogens is 245 g/mol. The Morgan fingerprint density at radius 3 is 3.00 bits per heavy atom. The van der Waals surface area contributed by atoms with Crippen molar-refractivity contribution in [2.24, 2.45) is 5.73 Å². The molecule has 5 heteroatoms. The molecule has 0 saturated carbocycles. The van der Waals surface area contributed by atoms with Gasteiger partial charge in [-0.2, -0.15) is 5.10 Å². The minimum Gasteiger partial charge on any atom is -0.492 e. The lowest BCUT2D eigenvalue weighted by molar-refractivity contribution is 0.290. The topological polar surface area (TPSA) is 53.1 Å². The number of rotatable bonds is 4. The maximum Gasteiger partial charge on any atom is 0.128 e. The molecular formula is C14H14FN3O. The van der Waals surface area contributed by atoms with E-state index < -0.39 is 0 Å². The van der Waals surface area contributed by atoms with Crippen molar-refractivity contribution in [3.05, 3.63) is 48.0 Å². The number of nitrogens with two attached hydrogens (primary N) is 1. The molecule has 2 rings (SSSR count). The van der Waals surface area contributed by atoms with Gasteiger partial charge in [-0.3, -0.25) is 4.68 Å². The van der Waals surface area contributed by atoms with Crippen LogP contribution >= 0.6 is 0 Å². The number of halogens is 1. The zero-order chi connectivity index (χ0) is 13.5. The molecule has 0 aliphatic heterocycles. The van der Waals surface area contributed by atoms with Gasteiger partial charge in [0.1, 0.15) is 18.2 Å². The fraction of sp³-hybridized carbons (Fsp3) is 0.214. The molecule has 4 nitrogen and oxygen atoms in total. The van der Waals surface area contributed by atoms with Gasteiger partial charge in [0.2, 0.25) is 0 Å². The summed E-state index contributed by atoms with van der Waals surface area (Å²) in [5.41, 5.74) is 5.83. The number of hydrogen-bond acceptors (Lipinski definition) is 3. The van der Waals surface area contributed by atoms with E-state index in [2.05, 4.69) is 16.9 Å². The van der Waals surface area contributed by atoms with E-state index >= 15 is 0 Å². The normalized spacial score (nSPS) is 9.79. The first-order chi connectivity index (χ1) is 9.28. The maximum atomic E-state index is 13.4. The van der Waals surface area contributed by atoms with E-state index in [0.717, 1.165) is 0 Å². The highest BCUT2D eigenvalue weighted by Crippen LogP contribution is 2.15. The van der Waals surface area contributed by atoms with Crippen LogP contribution in [-0.4, -0.2) is 22.9 Å². The fourth-order valence-electron chi connectivity index (χ4n) is 1.56. The second kappa shape index (κ2) is 6.57. The summed E-state index contributed by atoms with van der Waals surface area (Å²) >= 11 is 0. The summed E-state index contributed by atoms with van der Waals surface area (Å²) in [6.07, 6.45) is 3.54. The second-order valence-electron chi connectivity index (χ2n) is 3.80. The van der Waals surface area contributed by atoms with Crippen LogP contribution in [0.3, 0.4) is 0 Å². The van der Waals surface area contributed by atoms with Crippen molar-refractivity contribution in [3.63, 3.8) is 0 Å².